The number of nitrogens with one attached hydrogen (secondary N) is 1. The Balaban J connectivity index is 1.76. The summed E-state index contributed by atoms with van der Waals surface area (Å²) >= 11 is 6.31. The standard InChI is InChI=1S/C17H15ClN2O2/c18-12-7-13-14(8-15(22)19-13)20-16(12)10-1-3-11(4-2-10)17(9-21)5-6-17/h1-4,7-8,19,21-22H,5-6,9H2. The highest BCUT2D eigenvalue weighted by Gasteiger charge is 2.43. The summed E-state index contributed by atoms with van der Waals surface area (Å²) in [5.41, 5.74) is 4.12. The Morgan fingerprint density at radius 3 is 2.55 bits per heavy atom. The van der Waals surface area contributed by atoms with Crippen molar-refractivity contribution in [1.82, 2.24) is 9.97 Å². The number of H-pyrrole nitrogens is 1. The number of aromatic nitrogens is 2. The Hall–Kier alpha value is -2.04. The molecular weight excluding hydrogens is 300 g/mol. The molecule has 0 atom stereocenters. The molecule has 2 heterocycles. The van der Waals surface area contributed by atoms with Crippen molar-refractivity contribution in [2.45, 2.75) is 18.3 Å². The molecule has 4 nitrogen and oxygen atoms in total. The van der Waals surface area contributed by atoms with E-state index in [1.54, 1.807) is 12.1 Å². The Bertz CT molecular complexity index is 851. The first-order valence-corrected chi connectivity index (χ1v) is 7.59. The van der Waals surface area contributed by atoms with Crippen LogP contribution in [0, 0.1) is 0 Å². The molecule has 1 saturated carbocycles. The third kappa shape index (κ3) is 2.07. The van der Waals surface area contributed by atoms with E-state index in [1.165, 1.54) is 0 Å². The van der Waals surface area contributed by atoms with Gasteiger partial charge in [0.15, 0.2) is 5.88 Å². The van der Waals surface area contributed by atoms with Crippen molar-refractivity contribution < 1.29 is 10.2 Å². The largest absolute Gasteiger partial charge is 0.495 e. The highest BCUT2D eigenvalue weighted by Crippen LogP contribution is 2.48. The van der Waals surface area contributed by atoms with Crippen LogP contribution in [-0.2, 0) is 5.41 Å². The van der Waals surface area contributed by atoms with E-state index in [4.69, 9.17) is 11.6 Å². The zero-order valence-electron chi connectivity index (χ0n) is 11.8. The molecule has 0 spiro atoms. The average Bonchev–Trinajstić information content (AvgIpc) is 3.24. The number of nitrogens with zero attached hydrogens (tertiary/aromatic N) is 1. The van der Waals surface area contributed by atoms with Crippen LogP contribution >= 0.6 is 11.6 Å². The minimum absolute atomic E-state index is 0.0356. The number of hydrogen-bond donors (Lipinski definition) is 3. The first-order chi connectivity index (χ1) is 10.6. The van der Waals surface area contributed by atoms with Crippen LogP contribution in [0.1, 0.15) is 18.4 Å². The first-order valence-electron chi connectivity index (χ1n) is 7.21. The SMILES string of the molecule is OCC1(c2ccc(-c3nc4cc(O)[nH]c4cc3Cl)cc2)CC1. The molecule has 1 aliphatic carbocycles. The van der Waals surface area contributed by atoms with E-state index >= 15 is 0 Å². The number of aliphatic hydroxyl groups is 1. The number of hydrogen-bond acceptors (Lipinski definition) is 3. The number of rotatable bonds is 3. The Morgan fingerprint density at radius 2 is 1.91 bits per heavy atom. The fourth-order valence-electron chi connectivity index (χ4n) is 2.89. The maximum absolute atomic E-state index is 9.51. The second kappa shape index (κ2) is 4.73. The second-order valence-corrected chi connectivity index (χ2v) is 6.33. The number of aliphatic hydroxyl groups excluding tert-OH is 1. The van der Waals surface area contributed by atoms with Gasteiger partial charge in [0.25, 0.3) is 0 Å². The molecule has 1 aliphatic rings. The third-order valence-electron chi connectivity index (χ3n) is 4.47. The van der Waals surface area contributed by atoms with Gasteiger partial charge in [-0.2, -0.15) is 0 Å². The van der Waals surface area contributed by atoms with Crippen LogP contribution < -0.4 is 0 Å². The average molecular weight is 315 g/mol. The summed E-state index contributed by atoms with van der Waals surface area (Å²) in [6.45, 7) is 0.194. The van der Waals surface area contributed by atoms with Crippen LogP contribution in [0.3, 0.4) is 0 Å². The zero-order chi connectivity index (χ0) is 15.3. The molecule has 3 N–H and O–H groups in total. The molecule has 1 aromatic carbocycles. The van der Waals surface area contributed by atoms with Crippen LogP contribution in [0.25, 0.3) is 22.3 Å². The van der Waals surface area contributed by atoms with Gasteiger partial charge in [-0.1, -0.05) is 35.9 Å². The molecule has 0 saturated heterocycles. The lowest BCUT2D eigenvalue weighted by molar-refractivity contribution is 0.255. The molecule has 3 aromatic rings. The zero-order valence-corrected chi connectivity index (χ0v) is 12.6. The molecule has 112 valence electrons. The topological polar surface area (TPSA) is 69.1 Å². The van der Waals surface area contributed by atoms with Gasteiger partial charge in [-0.05, 0) is 24.5 Å². The Morgan fingerprint density at radius 1 is 1.18 bits per heavy atom. The minimum Gasteiger partial charge on any atom is -0.495 e. The van der Waals surface area contributed by atoms with Crippen molar-refractivity contribution in [3.8, 4) is 17.1 Å². The van der Waals surface area contributed by atoms with E-state index in [0.717, 1.165) is 24.0 Å². The van der Waals surface area contributed by atoms with Crippen LogP contribution in [0.5, 0.6) is 5.88 Å². The van der Waals surface area contributed by atoms with Crippen LogP contribution in [0.15, 0.2) is 36.4 Å². The summed E-state index contributed by atoms with van der Waals surface area (Å²) in [6, 6.07) is 11.4. The van der Waals surface area contributed by atoms with Crippen molar-refractivity contribution in [1.29, 1.82) is 0 Å². The molecule has 0 unspecified atom stereocenters. The van der Waals surface area contributed by atoms with Crippen LogP contribution in [-0.4, -0.2) is 26.8 Å². The van der Waals surface area contributed by atoms with Crippen molar-refractivity contribution in [3.63, 3.8) is 0 Å². The van der Waals surface area contributed by atoms with Crippen LogP contribution in [0.4, 0.5) is 0 Å². The molecule has 0 aliphatic heterocycles. The van der Waals surface area contributed by atoms with Crippen molar-refractivity contribution in [2.75, 3.05) is 6.61 Å². The fourth-order valence-corrected chi connectivity index (χ4v) is 3.15. The lowest BCUT2D eigenvalue weighted by Gasteiger charge is -2.13. The lowest BCUT2D eigenvalue weighted by atomic mass is 9.95. The molecular formula is C17H15ClN2O2. The highest BCUT2D eigenvalue weighted by molar-refractivity contribution is 6.33. The number of halogens is 1. The highest BCUT2D eigenvalue weighted by atomic mass is 35.5. The predicted molar refractivity (Wildman–Crippen MR) is 86.2 cm³/mol. The number of aromatic hydroxyl groups is 1. The van der Waals surface area contributed by atoms with E-state index in [-0.39, 0.29) is 17.9 Å². The summed E-state index contributed by atoms with van der Waals surface area (Å²) < 4.78 is 0. The predicted octanol–water partition coefficient (Wildman–Crippen LogP) is 3.61. The number of pyridine rings is 1. The maximum Gasteiger partial charge on any atom is 0.190 e. The molecule has 1 fully saturated rings. The second-order valence-electron chi connectivity index (χ2n) is 5.92. The van der Waals surface area contributed by atoms with E-state index in [2.05, 4.69) is 9.97 Å². The van der Waals surface area contributed by atoms with Gasteiger partial charge in [0, 0.05) is 17.0 Å². The summed E-state index contributed by atoms with van der Waals surface area (Å²) in [4.78, 5) is 7.32. The quantitative estimate of drug-likeness (QED) is 0.691. The first kappa shape index (κ1) is 13.6. The summed E-state index contributed by atoms with van der Waals surface area (Å²) in [6.07, 6.45) is 2.08. The smallest absolute Gasteiger partial charge is 0.190 e. The number of benzene rings is 1. The van der Waals surface area contributed by atoms with E-state index in [0.29, 0.717) is 21.7 Å². The van der Waals surface area contributed by atoms with Gasteiger partial charge in [-0.15, -0.1) is 0 Å². The van der Waals surface area contributed by atoms with Gasteiger partial charge in [0.1, 0.15) is 0 Å². The van der Waals surface area contributed by atoms with E-state index < -0.39 is 0 Å². The summed E-state index contributed by atoms with van der Waals surface area (Å²) in [7, 11) is 0. The third-order valence-corrected chi connectivity index (χ3v) is 4.76. The molecule has 0 amide bonds. The molecule has 0 bridgehead atoms. The summed E-state index contributed by atoms with van der Waals surface area (Å²) in [5, 5.41) is 19.5. The van der Waals surface area contributed by atoms with E-state index in [9.17, 15) is 10.2 Å². The lowest BCUT2D eigenvalue weighted by Crippen LogP contribution is -2.11. The van der Waals surface area contributed by atoms with Gasteiger partial charge in [-0.25, -0.2) is 4.98 Å². The number of aromatic amines is 1. The number of fused-ring (bicyclic) bond motifs is 1. The minimum atomic E-state index is -0.0356. The van der Waals surface area contributed by atoms with Gasteiger partial charge in [0.05, 0.1) is 28.4 Å². The van der Waals surface area contributed by atoms with Gasteiger partial charge >= 0.3 is 0 Å². The normalized spacial score (nSPS) is 16.1. The monoisotopic (exact) mass is 314 g/mol. The van der Waals surface area contributed by atoms with Gasteiger partial charge in [0.2, 0.25) is 0 Å². The Kier molecular flexibility index (Phi) is 2.93. The molecule has 4 rings (SSSR count). The van der Waals surface area contributed by atoms with E-state index in [1.807, 2.05) is 24.3 Å². The molecule has 2 aromatic heterocycles. The fraction of sp³-hybridized carbons (Fsp3) is 0.235. The van der Waals surface area contributed by atoms with Crippen LogP contribution in [0.2, 0.25) is 5.02 Å². The van der Waals surface area contributed by atoms with Gasteiger partial charge < -0.3 is 15.2 Å². The molecule has 0 radical (unpaired) electrons. The maximum atomic E-state index is 9.51. The molecule has 22 heavy (non-hydrogen) atoms. The molecule has 5 heteroatoms. The van der Waals surface area contributed by atoms with Crippen molar-refractivity contribution in [2.24, 2.45) is 0 Å². The van der Waals surface area contributed by atoms with Crippen molar-refractivity contribution >= 4 is 22.6 Å². The van der Waals surface area contributed by atoms with Gasteiger partial charge in [-0.3, -0.25) is 0 Å². The Labute approximate surface area is 132 Å². The van der Waals surface area contributed by atoms with Crippen molar-refractivity contribution in [3.05, 3.63) is 47.0 Å². The summed E-state index contributed by atoms with van der Waals surface area (Å²) in [5.74, 6) is 0.0738.